The summed E-state index contributed by atoms with van der Waals surface area (Å²) in [6.07, 6.45) is 0.707. The summed E-state index contributed by atoms with van der Waals surface area (Å²) in [5, 5.41) is 0.617. The molecule has 0 radical (unpaired) electrons. The molecule has 1 aromatic carbocycles. The molecule has 0 bridgehead atoms. The molecule has 0 saturated heterocycles. The minimum absolute atomic E-state index is 0.104. The average Bonchev–Trinajstić information content (AvgIpc) is 2.65. The highest BCUT2D eigenvalue weighted by Crippen LogP contribution is 2.12. The Balaban J connectivity index is 2.46. The van der Waals surface area contributed by atoms with Gasteiger partial charge in [-0.15, -0.1) is 4.73 Å². The maximum absolute atomic E-state index is 11.9. The van der Waals surface area contributed by atoms with Gasteiger partial charge in [-0.25, -0.2) is 4.98 Å². The van der Waals surface area contributed by atoms with Crippen molar-refractivity contribution >= 4 is 10.9 Å². The SMILES string of the molecule is Cc1ccc2c(=O)n3c(nc2c1)CCO3. The predicted molar refractivity (Wildman–Crippen MR) is 55.9 cm³/mol. The summed E-state index contributed by atoms with van der Waals surface area (Å²) >= 11 is 0. The van der Waals surface area contributed by atoms with Crippen LogP contribution in [0.15, 0.2) is 23.0 Å². The Morgan fingerprint density at radius 3 is 3.20 bits per heavy atom. The maximum atomic E-state index is 11.9. The van der Waals surface area contributed by atoms with Crippen molar-refractivity contribution in [2.24, 2.45) is 0 Å². The molecule has 1 aliphatic rings. The van der Waals surface area contributed by atoms with Gasteiger partial charge in [0.25, 0.3) is 5.56 Å². The van der Waals surface area contributed by atoms with Crippen LogP contribution in [0, 0.1) is 6.92 Å². The summed E-state index contributed by atoms with van der Waals surface area (Å²) in [5.74, 6) is 0.720. The number of benzene rings is 1. The van der Waals surface area contributed by atoms with Crippen LogP contribution in [0.4, 0.5) is 0 Å². The van der Waals surface area contributed by atoms with Crippen LogP contribution in [0.1, 0.15) is 11.4 Å². The number of aromatic nitrogens is 2. The van der Waals surface area contributed by atoms with Crippen molar-refractivity contribution in [3.63, 3.8) is 0 Å². The number of aryl methyl sites for hydroxylation is 1. The summed E-state index contributed by atoms with van der Waals surface area (Å²) in [6.45, 7) is 2.53. The monoisotopic (exact) mass is 202 g/mol. The number of nitrogens with zero attached hydrogens (tertiary/aromatic N) is 2. The molecule has 2 heterocycles. The molecule has 0 amide bonds. The van der Waals surface area contributed by atoms with E-state index in [1.54, 1.807) is 6.07 Å². The van der Waals surface area contributed by atoms with E-state index in [4.69, 9.17) is 4.84 Å². The highest BCUT2D eigenvalue weighted by molar-refractivity contribution is 5.78. The van der Waals surface area contributed by atoms with Crippen molar-refractivity contribution in [2.45, 2.75) is 13.3 Å². The van der Waals surface area contributed by atoms with Crippen molar-refractivity contribution in [1.82, 2.24) is 9.71 Å². The average molecular weight is 202 g/mol. The number of rotatable bonds is 0. The lowest BCUT2D eigenvalue weighted by Crippen LogP contribution is -2.25. The molecule has 0 aliphatic carbocycles. The molecule has 1 aromatic heterocycles. The highest BCUT2D eigenvalue weighted by Gasteiger charge is 2.16. The van der Waals surface area contributed by atoms with E-state index >= 15 is 0 Å². The standard InChI is InChI=1S/C11H10N2O2/c1-7-2-3-8-9(6-7)12-10-4-5-15-13(10)11(8)14/h2-3,6H,4-5H2,1H3. The summed E-state index contributed by atoms with van der Waals surface area (Å²) in [5.41, 5.74) is 1.77. The summed E-state index contributed by atoms with van der Waals surface area (Å²) in [4.78, 5) is 21.6. The number of hydrogen-bond donors (Lipinski definition) is 0. The van der Waals surface area contributed by atoms with Gasteiger partial charge in [-0.2, -0.15) is 0 Å². The van der Waals surface area contributed by atoms with Gasteiger partial charge in [0, 0.05) is 6.42 Å². The van der Waals surface area contributed by atoms with E-state index in [2.05, 4.69) is 4.98 Å². The molecule has 4 heteroatoms. The predicted octanol–water partition coefficient (Wildman–Crippen LogP) is 0.690. The third-order valence-electron chi connectivity index (χ3n) is 2.60. The van der Waals surface area contributed by atoms with Crippen LogP contribution in [0.3, 0.4) is 0 Å². The first kappa shape index (κ1) is 8.47. The summed E-state index contributed by atoms with van der Waals surface area (Å²) < 4.78 is 1.30. The fourth-order valence-corrected chi connectivity index (χ4v) is 1.84. The Labute approximate surface area is 86.1 Å². The molecule has 0 atom stereocenters. The first-order valence-corrected chi connectivity index (χ1v) is 4.91. The Kier molecular flexibility index (Phi) is 1.59. The van der Waals surface area contributed by atoms with Gasteiger partial charge in [-0.05, 0) is 24.6 Å². The Morgan fingerprint density at radius 2 is 2.33 bits per heavy atom. The summed E-state index contributed by atoms with van der Waals surface area (Å²) in [7, 11) is 0. The zero-order valence-electron chi connectivity index (χ0n) is 8.36. The molecule has 0 N–H and O–H groups in total. The van der Waals surface area contributed by atoms with E-state index < -0.39 is 0 Å². The van der Waals surface area contributed by atoms with Crippen molar-refractivity contribution in [3.8, 4) is 0 Å². The van der Waals surface area contributed by atoms with E-state index in [1.807, 2.05) is 19.1 Å². The molecular weight excluding hydrogens is 192 g/mol. The maximum Gasteiger partial charge on any atom is 0.294 e. The van der Waals surface area contributed by atoms with E-state index in [9.17, 15) is 4.79 Å². The smallest absolute Gasteiger partial charge is 0.294 e. The molecule has 15 heavy (non-hydrogen) atoms. The van der Waals surface area contributed by atoms with Crippen LogP contribution in [-0.4, -0.2) is 16.3 Å². The quantitative estimate of drug-likeness (QED) is 0.631. The normalized spacial score (nSPS) is 13.9. The lowest BCUT2D eigenvalue weighted by molar-refractivity contribution is 0.141. The van der Waals surface area contributed by atoms with Crippen molar-refractivity contribution in [3.05, 3.63) is 39.9 Å². The van der Waals surface area contributed by atoms with Gasteiger partial charge in [0.2, 0.25) is 0 Å². The van der Waals surface area contributed by atoms with Crippen molar-refractivity contribution in [1.29, 1.82) is 0 Å². The summed E-state index contributed by atoms with van der Waals surface area (Å²) in [6, 6.07) is 5.64. The Hall–Kier alpha value is -1.84. The lowest BCUT2D eigenvalue weighted by atomic mass is 10.2. The largest absolute Gasteiger partial charge is 0.409 e. The van der Waals surface area contributed by atoms with Crippen LogP contribution < -0.4 is 10.4 Å². The van der Waals surface area contributed by atoms with Gasteiger partial charge in [0.05, 0.1) is 10.9 Å². The molecule has 0 saturated carbocycles. The van der Waals surface area contributed by atoms with Gasteiger partial charge in [0.15, 0.2) is 5.82 Å². The van der Waals surface area contributed by atoms with Crippen LogP contribution in [0.25, 0.3) is 10.9 Å². The fourth-order valence-electron chi connectivity index (χ4n) is 1.84. The van der Waals surface area contributed by atoms with Crippen LogP contribution in [0.5, 0.6) is 0 Å². The van der Waals surface area contributed by atoms with Crippen LogP contribution in [0.2, 0.25) is 0 Å². The molecule has 0 fully saturated rings. The van der Waals surface area contributed by atoms with Gasteiger partial charge in [-0.1, -0.05) is 6.07 Å². The first-order valence-electron chi connectivity index (χ1n) is 4.91. The second kappa shape index (κ2) is 2.82. The van der Waals surface area contributed by atoms with Crippen molar-refractivity contribution in [2.75, 3.05) is 6.61 Å². The third kappa shape index (κ3) is 1.14. The molecular formula is C11H10N2O2. The number of fused-ring (bicyclic) bond motifs is 2. The molecule has 0 spiro atoms. The van der Waals surface area contributed by atoms with Gasteiger partial charge >= 0.3 is 0 Å². The van der Waals surface area contributed by atoms with Gasteiger partial charge in [-0.3, -0.25) is 4.79 Å². The Bertz CT molecular complexity index is 601. The van der Waals surface area contributed by atoms with Gasteiger partial charge in [0.1, 0.15) is 6.61 Å². The zero-order valence-corrected chi connectivity index (χ0v) is 8.36. The molecule has 0 unspecified atom stereocenters. The molecule has 76 valence electrons. The minimum Gasteiger partial charge on any atom is -0.409 e. The second-order valence-corrected chi connectivity index (χ2v) is 3.73. The van der Waals surface area contributed by atoms with E-state index in [-0.39, 0.29) is 5.56 Å². The second-order valence-electron chi connectivity index (χ2n) is 3.73. The van der Waals surface area contributed by atoms with Crippen LogP contribution in [-0.2, 0) is 6.42 Å². The fraction of sp³-hybridized carbons (Fsp3) is 0.273. The highest BCUT2D eigenvalue weighted by atomic mass is 16.7. The van der Waals surface area contributed by atoms with Crippen LogP contribution >= 0.6 is 0 Å². The lowest BCUT2D eigenvalue weighted by Gasteiger charge is -2.04. The number of hydrogen-bond acceptors (Lipinski definition) is 3. The van der Waals surface area contributed by atoms with Crippen molar-refractivity contribution < 1.29 is 4.84 Å². The molecule has 1 aliphatic heterocycles. The molecule has 4 nitrogen and oxygen atoms in total. The third-order valence-corrected chi connectivity index (χ3v) is 2.60. The molecule has 3 rings (SSSR count). The Morgan fingerprint density at radius 1 is 1.47 bits per heavy atom. The topological polar surface area (TPSA) is 44.1 Å². The zero-order chi connectivity index (χ0) is 10.4. The molecule has 2 aromatic rings. The van der Waals surface area contributed by atoms with E-state index in [0.29, 0.717) is 18.4 Å². The van der Waals surface area contributed by atoms with E-state index in [1.165, 1.54) is 4.73 Å². The van der Waals surface area contributed by atoms with E-state index in [0.717, 1.165) is 16.9 Å². The first-order chi connectivity index (χ1) is 7.25. The minimum atomic E-state index is -0.104. The van der Waals surface area contributed by atoms with Gasteiger partial charge < -0.3 is 4.84 Å².